The number of carbonyl (C=O) groups excluding carboxylic acids is 1. The number of hydrogen-bond acceptors (Lipinski definition) is 1. The Morgan fingerprint density at radius 2 is 1.67 bits per heavy atom. The molecule has 92 valence electrons. The fourth-order valence-corrected chi connectivity index (χ4v) is 1.92. The van der Waals surface area contributed by atoms with Crippen LogP contribution in [0.2, 0.25) is 0 Å². The largest absolute Gasteiger partial charge is 0.289 e. The first-order chi connectivity index (χ1) is 8.50. The van der Waals surface area contributed by atoms with Crippen LogP contribution in [0.5, 0.6) is 0 Å². The summed E-state index contributed by atoms with van der Waals surface area (Å²) in [4.78, 5) is 12.0. The van der Waals surface area contributed by atoms with E-state index in [-0.39, 0.29) is 15.6 Å². The van der Waals surface area contributed by atoms with E-state index in [1.165, 1.54) is 18.2 Å². The molecule has 0 N–H and O–H groups in total. The smallest absolute Gasteiger partial charge is 0.194 e. The van der Waals surface area contributed by atoms with Crippen LogP contribution in [0.15, 0.2) is 40.9 Å². The van der Waals surface area contributed by atoms with Gasteiger partial charge in [-0.3, -0.25) is 4.79 Å². The van der Waals surface area contributed by atoms with Crippen molar-refractivity contribution in [2.45, 2.75) is 0 Å². The second kappa shape index (κ2) is 4.94. The van der Waals surface area contributed by atoms with Crippen molar-refractivity contribution >= 4 is 21.7 Å². The molecule has 0 unspecified atom stereocenters. The number of rotatable bonds is 2. The summed E-state index contributed by atoms with van der Waals surface area (Å²) in [6, 6.07) is 6.75. The number of benzene rings is 2. The van der Waals surface area contributed by atoms with E-state index >= 15 is 0 Å². The lowest BCUT2D eigenvalue weighted by atomic mass is 10.0. The third-order valence-corrected chi connectivity index (χ3v) is 3.18. The van der Waals surface area contributed by atoms with Crippen LogP contribution < -0.4 is 0 Å². The van der Waals surface area contributed by atoms with Gasteiger partial charge < -0.3 is 0 Å². The predicted octanol–water partition coefficient (Wildman–Crippen LogP) is 4.10. The quantitative estimate of drug-likeness (QED) is 0.763. The highest BCUT2D eigenvalue weighted by atomic mass is 79.9. The van der Waals surface area contributed by atoms with E-state index in [0.717, 1.165) is 18.2 Å². The number of carbonyl (C=O) groups is 1. The van der Waals surface area contributed by atoms with E-state index in [0.29, 0.717) is 0 Å². The zero-order valence-corrected chi connectivity index (χ0v) is 10.5. The van der Waals surface area contributed by atoms with Gasteiger partial charge in [-0.05, 0) is 46.3 Å². The van der Waals surface area contributed by atoms with Crippen molar-refractivity contribution in [2.75, 3.05) is 0 Å². The van der Waals surface area contributed by atoms with Crippen molar-refractivity contribution in [1.82, 2.24) is 0 Å². The van der Waals surface area contributed by atoms with E-state index in [1.807, 2.05) is 0 Å². The van der Waals surface area contributed by atoms with Crippen LogP contribution in [0.3, 0.4) is 0 Å². The van der Waals surface area contributed by atoms with Crippen LogP contribution >= 0.6 is 15.9 Å². The highest BCUT2D eigenvalue weighted by Crippen LogP contribution is 2.23. The molecule has 0 amide bonds. The van der Waals surface area contributed by atoms with E-state index in [2.05, 4.69) is 15.9 Å². The van der Waals surface area contributed by atoms with Crippen molar-refractivity contribution in [3.05, 3.63) is 69.4 Å². The van der Waals surface area contributed by atoms with Gasteiger partial charge in [-0.25, -0.2) is 13.2 Å². The average Bonchev–Trinajstić information content (AvgIpc) is 2.35. The molecule has 0 radical (unpaired) electrons. The molecule has 0 aliphatic heterocycles. The van der Waals surface area contributed by atoms with Crippen molar-refractivity contribution < 1.29 is 18.0 Å². The van der Waals surface area contributed by atoms with Gasteiger partial charge in [0.15, 0.2) is 17.4 Å². The maximum atomic E-state index is 13.3. The summed E-state index contributed by atoms with van der Waals surface area (Å²) >= 11 is 2.95. The monoisotopic (exact) mass is 314 g/mol. The van der Waals surface area contributed by atoms with Gasteiger partial charge in [0.1, 0.15) is 5.82 Å². The van der Waals surface area contributed by atoms with Crippen LogP contribution in [0.1, 0.15) is 15.9 Å². The van der Waals surface area contributed by atoms with Crippen LogP contribution in [-0.4, -0.2) is 5.78 Å². The summed E-state index contributed by atoms with van der Waals surface area (Å²) in [5.74, 6) is -3.33. The number of halogens is 4. The molecule has 0 aliphatic carbocycles. The van der Waals surface area contributed by atoms with Gasteiger partial charge >= 0.3 is 0 Å². The summed E-state index contributed by atoms with van der Waals surface area (Å²) in [6.07, 6.45) is 0. The van der Waals surface area contributed by atoms with Gasteiger partial charge in [0.05, 0.1) is 4.47 Å². The molecule has 2 aromatic carbocycles. The molecule has 0 aliphatic rings. The molecule has 0 heterocycles. The van der Waals surface area contributed by atoms with Crippen LogP contribution in [0.25, 0.3) is 0 Å². The third-order valence-electron chi connectivity index (χ3n) is 2.38. The molecule has 18 heavy (non-hydrogen) atoms. The summed E-state index contributed by atoms with van der Waals surface area (Å²) in [6.45, 7) is 0. The first-order valence-electron chi connectivity index (χ1n) is 4.94. The predicted molar refractivity (Wildman–Crippen MR) is 63.9 cm³/mol. The van der Waals surface area contributed by atoms with Gasteiger partial charge in [0.25, 0.3) is 0 Å². The molecule has 2 rings (SSSR count). The fourth-order valence-electron chi connectivity index (χ4n) is 1.47. The van der Waals surface area contributed by atoms with E-state index in [1.54, 1.807) is 0 Å². The molecule has 0 fully saturated rings. The minimum atomic E-state index is -1.12. The Bertz CT molecular complexity index is 626. The topological polar surface area (TPSA) is 17.1 Å². The number of hydrogen-bond donors (Lipinski definition) is 0. The van der Waals surface area contributed by atoms with Gasteiger partial charge in [0, 0.05) is 11.1 Å². The highest BCUT2D eigenvalue weighted by Gasteiger charge is 2.16. The first-order valence-corrected chi connectivity index (χ1v) is 5.74. The Morgan fingerprint density at radius 3 is 2.33 bits per heavy atom. The zero-order chi connectivity index (χ0) is 13.3. The minimum absolute atomic E-state index is 0.000247. The fraction of sp³-hybridized carbons (Fsp3) is 0. The summed E-state index contributed by atoms with van der Waals surface area (Å²) < 4.78 is 39.0. The molecular formula is C13H6BrF3O. The Labute approximate surface area is 109 Å². The molecule has 0 saturated carbocycles. The lowest BCUT2D eigenvalue weighted by Crippen LogP contribution is -2.04. The Balaban J connectivity index is 2.48. The Hall–Kier alpha value is -1.62. The average molecular weight is 315 g/mol. The standard InChI is InChI=1S/C13H6BrF3O/c14-12-8(2-1-3-10(12)16)13(18)7-4-5-9(15)11(17)6-7/h1-6H. The Kier molecular flexibility index (Phi) is 3.52. The lowest BCUT2D eigenvalue weighted by molar-refractivity contribution is 0.103. The first kappa shape index (κ1) is 12.8. The second-order valence-electron chi connectivity index (χ2n) is 3.56. The van der Waals surface area contributed by atoms with Crippen molar-refractivity contribution in [2.24, 2.45) is 0 Å². The maximum absolute atomic E-state index is 13.3. The van der Waals surface area contributed by atoms with Gasteiger partial charge in [-0.1, -0.05) is 6.07 Å². The van der Waals surface area contributed by atoms with Crippen molar-refractivity contribution in [3.63, 3.8) is 0 Å². The Morgan fingerprint density at radius 1 is 0.944 bits per heavy atom. The summed E-state index contributed by atoms with van der Waals surface area (Å²) in [7, 11) is 0. The molecule has 0 aromatic heterocycles. The highest BCUT2D eigenvalue weighted by molar-refractivity contribution is 9.10. The molecule has 0 bridgehead atoms. The summed E-state index contributed by atoms with van der Waals surface area (Å²) in [5.41, 5.74) is 0.0150. The van der Waals surface area contributed by atoms with Gasteiger partial charge in [0.2, 0.25) is 0 Å². The van der Waals surface area contributed by atoms with Gasteiger partial charge in [-0.15, -0.1) is 0 Å². The SMILES string of the molecule is O=C(c1ccc(F)c(F)c1)c1cccc(F)c1Br. The molecule has 0 spiro atoms. The maximum Gasteiger partial charge on any atom is 0.194 e. The van der Waals surface area contributed by atoms with Crippen molar-refractivity contribution in [1.29, 1.82) is 0 Å². The van der Waals surface area contributed by atoms with Crippen LogP contribution in [-0.2, 0) is 0 Å². The normalized spacial score (nSPS) is 10.4. The minimum Gasteiger partial charge on any atom is -0.289 e. The second-order valence-corrected chi connectivity index (χ2v) is 4.35. The van der Waals surface area contributed by atoms with Crippen LogP contribution in [0, 0.1) is 17.5 Å². The zero-order valence-electron chi connectivity index (χ0n) is 8.88. The molecule has 0 atom stereocenters. The molecular weight excluding hydrogens is 309 g/mol. The van der Waals surface area contributed by atoms with Crippen molar-refractivity contribution in [3.8, 4) is 0 Å². The molecule has 5 heteroatoms. The van der Waals surface area contributed by atoms with Crippen LogP contribution in [0.4, 0.5) is 13.2 Å². The lowest BCUT2D eigenvalue weighted by Gasteiger charge is -2.05. The van der Waals surface area contributed by atoms with E-state index in [9.17, 15) is 18.0 Å². The number of ketones is 1. The summed E-state index contributed by atoms with van der Waals surface area (Å²) in [5, 5.41) is 0. The molecule has 1 nitrogen and oxygen atoms in total. The molecule has 0 saturated heterocycles. The van der Waals surface area contributed by atoms with Gasteiger partial charge in [-0.2, -0.15) is 0 Å². The third kappa shape index (κ3) is 2.31. The van der Waals surface area contributed by atoms with E-state index < -0.39 is 23.2 Å². The van der Waals surface area contributed by atoms with E-state index in [4.69, 9.17) is 0 Å². The molecule has 2 aromatic rings.